The van der Waals surface area contributed by atoms with Crippen molar-refractivity contribution in [2.45, 2.75) is 31.6 Å². The zero-order valence-electron chi connectivity index (χ0n) is 10.9. The van der Waals surface area contributed by atoms with Gasteiger partial charge in [-0.25, -0.2) is 4.98 Å². The van der Waals surface area contributed by atoms with Gasteiger partial charge in [0.1, 0.15) is 5.69 Å². The van der Waals surface area contributed by atoms with Crippen LogP contribution in [0.15, 0.2) is 12.4 Å². The second-order valence-corrected chi connectivity index (χ2v) is 5.32. The average Bonchev–Trinajstić information content (AvgIpc) is 2.39. The number of nitrogens with one attached hydrogen (secondary N) is 1. The van der Waals surface area contributed by atoms with E-state index in [9.17, 15) is 0 Å². The molecule has 0 radical (unpaired) electrons. The fourth-order valence-corrected chi connectivity index (χ4v) is 2.49. The molecule has 2 atom stereocenters. The Morgan fingerprint density at radius 2 is 2.12 bits per heavy atom. The number of hydrogen-bond donors (Lipinski definition) is 1. The normalized spacial score (nSPS) is 14.4. The Morgan fingerprint density at radius 1 is 1.41 bits per heavy atom. The molecule has 2 unspecified atom stereocenters. The fraction of sp³-hybridized carbons (Fsp3) is 0.667. The third-order valence-electron chi connectivity index (χ3n) is 2.69. The highest BCUT2D eigenvalue weighted by atomic mass is 32.2. The van der Waals surface area contributed by atoms with Crippen molar-refractivity contribution >= 4 is 11.8 Å². The van der Waals surface area contributed by atoms with E-state index in [2.05, 4.69) is 29.1 Å². The number of rotatable bonds is 7. The van der Waals surface area contributed by atoms with Crippen molar-refractivity contribution < 1.29 is 4.74 Å². The summed E-state index contributed by atoms with van der Waals surface area (Å²) < 4.78 is 5.24. The van der Waals surface area contributed by atoms with Gasteiger partial charge in [0.15, 0.2) is 0 Å². The van der Waals surface area contributed by atoms with Crippen molar-refractivity contribution in [1.29, 1.82) is 0 Å². The first-order valence-corrected chi connectivity index (χ1v) is 6.91. The summed E-state index contributed by atoms with van der Waals surface area (Å²) >= 11 is 1.94. The third-order valence-corrected chi connectivity index (χ3v) is 4.11. The molecule has 1 rings (SSSR count). The SMILES string of the molecule is CCC(C)SCC(NC)c1nccnc1OC. The summed E-state index contributed by atoms with van der Waals surface area (Å²) in [7, 11) is 3.57. The molecule has 0 saturated carbocycles. The lowest BCUT2D eigenvalue weighted by Gasteiger charge is -2.18. The van der Waals surface area contributed by atoms with Crippen LogP contribution in [0.5, 0.6) is 5.88 Å². The van der Waals surface area contributed by atoms with Gasteiger partial charge in [-0.15, -0.1) is 0 Å². The maximum absolute atomic E-state index is 5.24. The van der Waals surface area contributed by atoms with Crippen molar-refractivity contribution in [2.75, 3.05) is 19.9 Å². The van der Waals surface area contributed by atoms with Crippen molar-refractivity contribution in [3.05, 3.63) is 18.1 Å². The Kier molecular flexibility index (Phi) is 6.29. The molecule has 0 aliphatic carbocycles. The van der Waals surface area contributed by atoms with E-state index < -0.39 is 0 Å². The highest BCUT2D eigenvalue weighted by molar-refractivity contribution is 7.99. The number of ether oxygens (including phenoxy) is 1. The van der Waals surface area contributed by atoms with E-state index in [0.717, 1.165) is 11.4 Å². The van der Waals surface area contributed by atoms with Gasteiger partial charge in [0, 0.05) is 23.4 Å². The summed E-state index contributed by atoms with van der Waals surface area (Å²) in [6, 6.07) is 0.178. The number of aromatic nitrogens is 2. The van der Waals surface area contributed by atoms with Gasteiger partial charge in [-0.05, 0) is 13.5 Å². The maximum atomic E-state index is 5.24. The summed E-state index contributed by atoms with van der Waals surface area (Å²) in [5.74, 6) is 1.58. The molecule has 5 heteroatoms. The summed E-state index contributed by atoms with van der Waals surface area (Å²) in [6.07, 6.45) is 4.53. The minimum Gasteiger partial charge on any atom is -0.480 e. The lowest BCUT2D eigenvalue weighted by Crippen LogP contribution is -2.22. The predicted octanol–water partition coefficient (Wildman–Crippen LogP) is 2.28. The standard InChI is InChI=1S/C12H21N3OS/c1-5-9(2)17-8-10(13-3)11-12(16-4)15-7-6-14-11/h6-7,9-10,13H,5,8H2,1-4H3. The molecule has 1 aromatic rings. The predicted molar refractivity (Wildman–Crippen MR) is 72.6 cm³/mol. The molecule has 1 heterocycles. The molecule has 0 aliphatic rings. The van der Waals surface area contributed by atoms with Crippen molar-refractivity contribution in [3.63, 3.8) is 0 Å². The average molecular weight is 255 g/mol. The van der Waals surface area contributed by atoms with Crippen LogP contribution in [0.2, 0.25) is 0 Å². The van der Waals surface area contributed by atoms with Gasteiger partial charge < -0.3 is 10.1 Å². The van der Waals surface area contributed by atoms with Crippen molar-refractivity contribution in [2.24, 2.45) is 0 Å². The Labute approximate surface area is 108 Å². The lowest BCUT2D eigenvalue weighted by atomic mass is 10.2. The zero-order chi connectivity index (χ0) is 12.7. The van der Waals surface area contributed by atoms with Gasteiger partial charge in [-0.1, -0.05) is 13.8 Å². The van der Waals surface area contributed by atoms with Crippen LogP contribution >= 0.6 is 11.8 Å². The molecular formula is C12H21N3OS. The van der Waals surface area contributed by atoms with E-state index in [1.807, 2.05) is 18.8 Å². The first-order valence-electron chi connectivity index (χ1n) is 5.86. The van der Waals surface area contributed by atoms with Crippen molar-refractivity contribution in [3.8, 4) is 5.88 Å². The summed E-state index contributed by atoms with van der Waals surface area (Å²) in [5, 5.41) is 3.93. The smallest absolute Gasteiger partial charge is 0.237 e. The van der Waals surface area contributed by atoms with Crippen LogP contribution in [-0.4, -0.2) is 35.1 Å². The first-order chi connectivity index (χ1) is 8.22. The highest BCUT2D eigenvalue weighted by Gasteiger charge is 2.17. The zero-order valence-corrected chi connectivity index (χ0v) is 11.8. The highest BCUT2D eigenvalue weighted by Crippen LogP contribution is 2.25. The molecule has 0 spiro atoms. The second-order valence-electron chi connectivity index (χ2n) is 3.84. The number of nitrogens with zero attached hydrogens (tertiary/aromatic N) is 2. The summed E-state index contributed by atoms with van der Waals surface area (Å²) in [4.78, 5) is 8.54. The largest absolute Gasteiger partial charge is 0.480 e. The van der Waals surface area contributed by atoms with Crippen LogP contribution < -0.4 is 10.1 Å². The van der Waals surface area contributed by atoms with Crippen LogP contribution in [0.1, 0.15) is 32.0 Å². The summed E-state index contributed by atoms with van der Waals surface area (Å²) in [5.41, 5.74) is 0.883. The van der Waals surface area contributed by atoms with E-state index in [4.69, 9.17) is 4.74 Å². The lowest BCUT2D eigenvalue weighted by molar-refractivity contribution is 0.382. The Hall–Kier alpha value is -0.810. The first kappa shape index (κ1) is 14.3. The number of methoxy groups -OCH3 is 1. The minimum atomic E-state index is 0.178. The minimum absolute atomic E-state index is 0.178. The molecule has 0 fully saturated rings. The van der Waals surface area contributed by atoms with Gasteiger partial charge in [0.25, 0.3) is 0 Å². The topological polar surface area (TPSA) is 47.0 Å². The molecular weight excluding hydrogens is 234 g/mol. The molecule has 0 aromatic carbocycles. The Morgan fingerprint density at radius 3 is 2.71 bits per heavy atom. The second kappa shape index (κ2) is 7.50. The van der Waals surface area contributed by atoms with Gasteiger partial charge in [0.2, 0.25) is 5.88 Å². The van der Waals surface area contributed by atoms with Gasteiger partial charge in [-0.2, -0.15) is 11.8 Å². The van der Waals surface area contributed by atoms with Crippen LogP contribution in [0, 0.1) is 0 Å². The van der Waals surface area contributed by atoms with Crippen molar-refractivity contribution in [1.82, 2.24) is 15.3 Å². The fourth-order valence-electron chi connectivity index (χ4n) is 1.41. The van der Waals surface area contributed by atoms with Crippen LogP contribution in [0.4, 0.5) is 0 Å². The van der Waals surface area contributed by atoms with E-state index >= 15 is 0 Å². The van der Waals surface area contributed by atoms with E-state index in [1.165, 1.54) is 6.42 Å². The molecule has 0 amide bonds. The van der Waals surface area contributed by atoms with Gasteiger partial charge >= 0.3 is 0 Å². The van der Waals surface area contributed by atoms with E-state index in [1.54, 1.807) is 19.5 Å². The molecule has 0 bridgehead atoms. The van der Waals surface area contributed by atoms with Crippen LogP contribution in [0.3, 0.4) is 0 Å². The molecule has 4 nitrogen and oxygen atoms in total. The van der Waals surface area contributed by atoms with E-state index in [0.29, 0.717) is 11.1 Å². The molecule has 96 valence electrons. The number of hydrogen-bond acceptors (Lipinski definition) is 5. The molecule has 17 heavy (non-hydrogen) atoms. The Bertz CT molecular complexity index is 335. The van der Waals surface area contributed by atoms with E-state index in [-0.39, 0.29) is 6.04 Å². The number of thioether (sulfide) groups is 1. The maximum Gasteiger partial charge on any atom is 0.237 e. The monoisotopic (exact) mass is 255 g/mol. The van der Waals surface area contributed by atoms with Gasteiger partial charge in [0.05, 0.1) is 13.2 Å². The quantitative estimate of drug-likeness (QED) is 0.810. The van der Waals surface area contributed by atoms with Gasteiger partial charge in [-0.3, -0.25) is 4.98 Å². The molecule has 0 aliphatic heterocycles. The van der Waals surface area contributed by atoms with Crippen LogP contribution in [-0.2, 0) is 0 Å². The third kappa shape index (κ3) is 4.16. The summed E-state index contributed by atoms with van der Waals surface area (Å²) in [6.45, 7) is 4.44. The molecule has 0 saturated heterocycles. The molecule has 1 N–H and O–H groups in total. The van der Waals surface area contributed by atoms with Crippen LogP contribution in [0.25, 0.3) is 0 Å². The Balaban J connectivity index is 2.72. The molecule has 1 aromatic heterocycles.